The summed E-state index contributed by atoms with van der Waals surface area (Å²) in [7, 11) is 0. The zero-order valence-electron chi connectivity index (χ0n) is 10.4. The summed E-state index contributed by atoms with van der Waals surface area (Å²) in [5, 5.41) is 2.86. The average Bonchev–Trinajstić information content (AvgIpc) is 2.42. The van der Waals surface area contributed by atoms with E-state index in [1.165, 1.54) is 18.3 Å². The molecule has 0 atom stereocenters. The number of allylic oxidation sites excluding steroid dienone is 2. The molecule has 1 aromatic heterocycles. The van der Waals surface area contributed by atoms with Gasteiger partial charge in [0.05, 0.1) is 5.69 Å². The monoisotopic (exact) mass is 256 g/mol. The molecule has 0 aliphatic heterocycles. The number of ketones is 1. The van der Waals surface area contributed by atoms with Gasteiger partial charge in [-0.05, 0) is 31.2 Å². The summed E-state index contributed by atoms with van der Waals surface area (Å²) in [5.41, 5.74) is 1.41. The molecule has 1 aromatic carbocycles. The third-order valence-electron chi connectivity index (χ3n) is 2.50. The molecule has 0 bridgehead atoms. The van der Waals surface area contributed by atoms with Crippen LogP contribution in [0.2, 0.25) is 0 Å². The summed E-state index contributed by atoms with van der Waals surface area (Å²) in [4.78, 5) is 15.8. The second-order valence-corrected chi connectivity index (χ2v) is 4.04. The van der Waals surface area contributed by atoms with E-state index in [1.54, 1.807) is 43.5 Å². The lowest BCUT2D eigenvalue weighted by Crippen LogP contribution is -2.02. The van der Waals surface area contributed by atoms with E-state index >= 15 is 0 Å². The number of halogens is 1. The highest BCUT2D eigenvalue weighted by Gasteiger charge is 2.04. The molecule has 96 valence electrons. The van der Waals surface area contributed by atoms with Crippen molar-refractivity contribution >= 4 is 11.5 Å². The Bertz CT molecular complexity index is 609. The molecule has 0 amide bonds. The highest BCUT2D eigenvalue weighted by molar-refractivity contribution is 6.04. The third kappa shape index (κ3) is 3.48. The van der Waals surface area contributed by atoms with Crippen molar-refractivity contribution in [2.24, 2.45) is 0 Å². The predicted molar refractivity (Wildman–Crippen MR) is 72.3 cm³/mol. The Labute approximate surface area is 110 Å². The van der Waals surface area contributed by atoms with Crippen molar-refractivity contribution in [1.29, 1.82) is 0 Å². The van der Waals surface area contributed by atoms with Crippen LogP contribution in [0.25, 0.3) is 0 Å². The second kappa shape index (κ2) is 5.91. The van der Waals surface area contributed by atoms with Crippen LogP contribution in [0.1, 0.15) is 17.3 Å². The van der Waals surface area contributed by atoms with Crippen LogP contribution in [0.4, 0.5) is 10.1 Å². The fraction of sp³-hybridized carbons (Fsp3) is 0.0667. The van der Waals surface area contributed by atoms with Crippen molar-refractivity contribution in [3.63, 3.8) is 0 Å². The van der Waals surface area contributed by atoms with E-state index in [4.69, 9.17) is 0 Å². The number of pyridine rings is 1. The number of hydrogen-bond donors (Lipinski definition) is 1. The van der Waals surface area contributed by atoms with Gasteiger partial charge in [0.1, 0.15) is 5.82 Å². The SMILES string of the molecule is C/C(=C\C(=O)c1cccnc1)Nc1ccccc1F. The van der Waals surface area contributed by atoms with E-state index in [9.17, 15) is 9.18 Å². The molecule has 0 unspecified atom stereocenters. The smallest absolute Gasteiger partial charge is 0.189 e. The van der Waals surface area contributed by atoms with E-state index < -0.39 is 0 Å². The van der Waals surface area contributed by atoms with E-state index in [2.05, 4.69) is 10.3 Å². The molecule has 1 N–H and O–H groups in total. The topological polar surface area (TPSA) is 42.0 Å². The average molecular weight is 256 g/mol. The number of rotatable bonds is 4. The fourth-order valence-electron chi connectivity index (χ4n) is 1.60. The van der Waals surface area contributed by atoms with Crippen LogP contribution in [0.5, 0.6) is 0 Å². The van der Waals surface area contributed by atoms with Crippen LogP contribution < -0.4 is 5.32 Å². The molecule has 0 aliphatic carbocycles. The van der Waals surface area contributed by atoms with Crippen LogP contribution in [-0.2, 0) is 0 Å². The molecule has 19 heavy (non-hydrogen) atoms. The van der Waals surface area contributed by atoms with Crippen molar-refractivity contribution in [3.8, 4) is 0 Å². The standard InChI is InChI=1S/C15H13FN2O/c1-11(18-14-7-3-2-6-13(14)16)9-15(19)12-5-4-8-17-10-12/h2-10,18H,1H3/b11-9+. The Morgan fingerprint density at radius 1 is 1.26 bits per heavy atom. The largest absolute Gasteiger partial charge is 0.357 e. The highest BCUT2D eigenvalue weighted by Crippen LogP contribution is 2.15. The zero-order chi connectivity index (χ0) is 13.7. The van der Waals surface area contributed by atoms with Crippen molar-refractivity contribution < 1.29 is 9.18 Å². The minimum absolute atomic E-state index is 0.172. The number of nitrogens with zero attached hydrogens (tertiary/aromatic N) is 1. The number of para-hydroxylation sites is 1. The Morgan fingerprint density at radius 2 is 2.05 bits per heavy atom. The summed E-state index contributed by atoms with van der Waals surface area (Å²) < 4.78 is 13.4. The van der Waals surface area contributed by atoms with Crippen LogP contribution >= 0.6 is 0 Å². The number of carbonyl (C=O) groups excluding carboxylic acids is 1. The summed E-state index contributed by atoms with van der Waals surface area (Å²) in [5.74, 6) is -0.529. The summed E-state index contributed by atoms with van der Waals surface area (Å²) in [6, 6.07) is 9.69. The Hall–Kier alpha value is -2.49. The zero-order valence-corrected chi connectivity index (χ0v) is 10.4. The predicted octanol–water partition coefficient (Wildman–Crippen LogP) is 3.42. The first-order valence-corrected chi connectivity index (χ1v) is 5.81. The van der Waals surface area contributed by atoms with Gasteiger partial charge in [-0.1, -0.05) is 12.1 Å². The lowest BCUT2D eigenvalue weighted by molar-refractivity contribution is 0.104. The molecule has 0 radical (unpaired) electrons. The molecule has 3 nitrogen and oxygen atoms in total. The fourth-order valence-corrected chi connectivity index (χ4v) is 1.60. The van der Waals surface area contributed by atoms with E-state index in [1.807, 2.05) is 0 Å². The first-order valence-electron chi connectivity index (χ1n) is 5.81. The lowest BCUT2D eigenvalue weighted by Gasteiger charge is -2.07. The van der Waals surface area contributed by atoms with Gasteiger partial charge >= 0.3 is 0 Å². The van der Waals surface area contributed by atoms with Crippen LogP contribution in [0, 0.1) is 5.82 Å². The van der Waals surface area contributed by atoms with Gasteiger partial charge < -0.3 is 5.32 Å². The Kier molecular flexibility index (Phi) is 4.03. The van der Waals surface area contributed by atoms with Crippen molar-refractivity contribution in [1.82, 2.24) is 4.98 Å². The molecular formula is C15H13FN2O. The van der Waals surface area contributed by atoms with Gasteiger partial charge in [0.25, 0.3) is 0 Å². The highest BCUT2D eigenvalue weighted by atomic mass is 19.1. The number of anilines is 1. The Balaban J connectivity index is 2.12. The maximum atomic E-state index is 13.4. The quantitative estimate of drug-likeness (QED) is 0.673. The molecule has 0 aliphatic rings. The normalized spacial score (nSPS) is 11.2. The molecule has 0 saturated carbocycles. The molecule has 0 saturated heterocycles. The van der Waals surface area contributed by atoms with Gasteiger partial charge in [0.2, 0.25) is 0 Å². The van der Waals surface area contributed by atoms with Gasteiger partial charge in [0.15, 0.2) is 5.78 Å². The number of hydrogen-bond acceptors (Lipinski definition) is 3. The van der Waals surface area contributed by atoms with E-state index in [0.717, 1.165) is 0 Å². The minimum Gasteiger partial charge on any atom is -0.357 e. The number of aromatic nitrogens is 1. The van der Waals surface area contributed by atoms with Crippen molar-refractivity contribution in [3.05, 3.63) is 71.9 Å². The molecule has 4 heteroatoms. The van der Waals surface area contributed by atoms with Gasteiger partial charge in [-0.3, -0.25) is 9.78 Å². The summed E-state index contributed by atoms with van der Waals surface area (Å²) in [6.07, 6.45) is 4.52. The molecule has 0 spiro atoms. The first kappa shape index (κ1) is 13.0. The summed E-state index contributed by atoms with van der Waals surface area (Å²) in [6.45, 7) is 1.71. The van der Waals surface area contributed by atoms with Crippen LogP contribution in [0.3, 0.4) is 0 Å². The number of benzene rings is 1. The molecule has 0 fully saturated rings. The molecule has 2 rings (SSSR count). The Morgan fingerprint density at radius 3 is 2.74 bits per heavy atom. The van der Waals surface area contributed by atoms with E-state index in [0.29, 0.717) is 16.9 Å². The summed E-state index contributed by atoms with van der Waals surface area (Å²) >= 11 is 0. The molecule has 1 heterocycles. The van der Waals surface area contributed by atoms with Crippen LogP contribution in [0.15, 0.2) is 60.6 Å². The number of nitrogens with one attached hydrogen (secondary N) is 1. The van der Waals surface area contributed by atoms with Crippen molar-refractivity contribution in [2.45, 2.75) is 6.92 Å². The van der Waals surface area contributed by atoms with Crippen LogP contribution in [-0.4, -0.2) is 10.8 Å². The van der Waals surface area contributed by atoms with Gasteiger partial charge in [0, 0.05) is 29.7 Å². The van der Waals surface area contributed by atoms with Gasteiger partial charge in [-0.15, -0.1) is 0 Å². The van der Waals surface area contributed by atoms with Gasteiger partial charge in [-0.25, -0.2) is 4.39 Å². The molecule has 2 aromatic rings. The molecular weight excluding hydrogens is 243 g/mol. The maximum absolute atomic E-state index is 13.4. The maximum Gasteiger partial charge on any atom is 0.189 e. The minimum atomic E-state index is -0.357. The van der Waals surface area contributed by atoms with Crippen molar-refractivity contribution in [2.75, 3.05) is 5.32 Å². The van der Waals surface area contributed by atoms with Gasteiger partial charge in [-0.2, -0.15) is 0 Å². The van der Waals surface area contributed by atoms with E-state index in [-0.39, 0.29) is 11.6 Å². The lowest BCUT2D eigenvalue weighted by atomic mass is 10.1. The second-order valence-electron chi connectivity index (χ2n) is 4.04. The first-order chi connectivity index (χ1) is 9.16. The number of carbonyl (C=O) groups is 1. The third-order valence-corrected chi connectivity index (χ3v) is 2.50.